The van der Waals surface area contributed by atoms with E-state index in [0.29, 0.717) is 12.5 Å². The third-order valence-corrected chi connectivity index (χ3v) is 3.52. The summed E-state index contributed by atoms with van der Waals surface area (Å²) in [5, 5.41) is 2.99. The molecule has 1 heterocycles. The van der Waals surface area contributed by atoms with E-state index in [0.717, 1.165) is 18.5 Å². The van der Waals surface area contributed by atoms with Gasteiger partial charge in [-0.05, 0) is 18.9 Å². The van der Waals surface area contributed by atoms with Crippen LogP contribution in [-0.4, -0.2) is 30.0 Å². The average molecular weight is 262 g/mol. The number of hydrogen-bond donors (Lipinski definition) is 1. The minimum Gasteiger partial charge on any atom is -0.350 e. The molecule has 0 aromatic carbocycles. The van der Waals surface area contributed by atoms with Crippen molar-refractivity contribution < 1.29 is 4.79 Å². The summed E-state index contributed by atoms with van der Waals surface area (Å²) >= 11 is 0. The summed E-state index contributed by atoms with van der Waals surface area (Å²) in [5.74, 6) is 1.04. The maximum Gasteiger partial charge on any atom is 0.225 e. The largest absolute Gasteiger partial charge is 0.350 e. The summed E-state index contributed by atoms with van der Waals surface area (Å²) in [5.41, 5.74) is 0.850. The third-order valence-electron chi connectivity index (χ3n) is 3.52. The zero-order chi connectivity index (χ0) is 13.7. The Morgan fingerprint density at radius 2 is 2.11 bits per heavy atom. The molecule has 2 rings (SSSR count). The number of hydrogen-bond acceptors (Lipinski definition) is 4. The zero-order valence-corrected chi connectivity index (χ0v) is 11.7. The van der Waals surface area contributed by atoms with E-state index in [4.69, 9.17) is 0 Å². The molecule has 0 bridgehead atoms. The summed E-state index contributed by atoms with van der Waals surface area (Å²) in [7, 11) is 3.81. The molecule has 0 aliphatic heterocycles. The SMILES string of the molecule is CN(C)c1nccc(CNC(=O)C2CCCCC2)n1. The number of aromatic nitrogens is 2. The maximum absolute atomic E-state index is 12.0. The number of rotatable bonds is 4. The standard InChI is InChI=1S/C14H22N4O/c1-18(2)14-15-9-8-12(17-14)10-16-13(19)11-6-4-3-5-7-11/h8-9,11H,3-7,10H2,1-2H3,(H,16,19). The molecule has 1 saturated carbocycles. The lowest BCUT2D eigenvalue weighted by atomic mass is 9.89. The fourth-order valence-corrected chi connectivity index (χ4v) is 2.39. The average Bonchev–Trinajstić information content (AvgIpc) is 2.46. The number of amides is 1. The van der Waals surface area contributed by atoms with Crippen molar-refractivity contribution in [1.82, 2.24) is 15.3 Å². The first kappa shape index (κ1) is 13.8. The molecule has 5 nitrogen and oxygen atoms in total. The van der Waals surface area contributed by atoms with E-state index >= 15 is 0 Å². The Labute approximate surface area is 114 Å². The molecule has 0 spiro atoms. The van der Waals surface area contributed by atoms with Crippen molar-refractivity contribution in [3.63, 3.8) is 0 Å². The van der Waals surface area contributed by atoms with Crippen molar-refractivity contribution in [2.24, 2.45) is 5.92 Å². The Morgan fingerprint density at radius 3 is 2.79 bits per heavy atom. The second-order valence-electron chi connectivity index (χ2n) is 5.30. The van der Waals surface area contributed by atoms with Gasteiger partial charge in [0.1, 0.15) is 0 Å². The summed E-state index contributed by atoms with van der Waals surface area (Å²) in [6.45, 7) is 0.485. The maximum atomic E-state index is 12.0. The number of carbonyl (C=O) groups is 1. The first-order valence-electron chi connectivity index (χ1n) is 6.94. The van der Waals surface area contributed by atoms with Gasteiger partial charge in [-0.25, -0.2) is 9.97 Å². The summed E-state index contributed by atoms with van der Waals surface area (Å²) in [6.07, 6.45) is 7.40. The van der Waals surface area contributed by atoms with E-state index in [9.17, 15) is 4.79 Å². The lowest BCUT2D eigenvalue weighted by Gasteiger charge is -2.20. The van der Waals surface area contributed by atoms with Crippen molar-refractivity contribution in [2.45, 2.75) is 38.6 Å². The van der Waals surface area contributed by atoms with Crippen molar-refractivity contribution in [3.05, 3.63) is 18.0 Å². The van der Waals surface area contributed by atoms with Crippen LogP contribution >= 0.6 is 0 Å². The van der Waals surface area contributed by atoms with Crippen LogP contribution in [0, 0.1) is 5.92 Å². The number of nitrogens with zero attached hydrogens (tertiary/aromatic N) is 3. The molecule has 1 amide bonds. The van der Waals surface area contributed by atoms with Gasteiger partial charge in [0.15, 0.2) is 0 Å². The van der Waals surface area contributed by atoms with Crippen LogP contribution in [0.4, 0.5) is 5.95 Å². The van der Waals surface area contributed by atoms with Gasteiger partial charge >= 0.3 is 0 Å². The summed E-state index contributed by atoms with van der Waals surface area (Å²) in [4.78, 5) is 22.4. The van der Waals surface area contributed by atoms with E-state index in [1.807, 2.05) is 25.1 Å². The number of nitrogens with one attached hydrogen (secondary N) is 1. The molecule has 1 aliphatic carbocycles. The fourth-order valence-electron chi connectivity index (χ4n) is 2.39. The quantitative estimate of drug-likeness (QED) is 0.898. The van der Waals surface area contributed by atoms with Crippen LogP contribution in [0.15, 0.2) is 12.3 Å². The molecule has 104 valence electrons. The lowest BCUT2D eigenvalue weighted by Crippen LogP contribution is -2.31. The van der Waals surface area contributed by atoms with Crippen LogP contribution in [0.25, 0.3) is 0 Å². The molecule has 1 aliphatic rings. The second kappa shape index (κ2) is 6.50. The van der Waals surface area contributed by atoms with Gasteiger partial charge in [0, 0.05) is 26.2 Å². The van der Waals surface area contributed by atoms with Crippen molar-refractivity contribution in [2.75, 3.05) is 19.0 Å². The molecule has 0 radical (unpaired) electrons. The molecule has 0 saturated heterocycles. The molecule has 0 unspecified atom stereocenters. The van der Waals surface area contributed by atoms with Gasteiger partial charge in [-0.3, -0.25) is 4.79 Å². The van der Waals surface area contributed by atoms with Crippen molar-refractivity contribution in [1.29, 1.82) is 0 Å². The van der Waals surface area contributed by atoms with Gasteiger partial charge in [-0.2, -0.15) is 0 Å². The minimum absolute atomic E-state index is 0.171. The minimum atomic E-state index is 0.171. The zero-order valence-electron chi connectivity index (χ0n) is 11.7. The predicted molar refractivity (Wildman–Crippen MR) is 74.8 cm³/mol. The first-order valence-corrected chi connectivity index (χ1v) is 6.94. The van der Waals surface area contributed by atoms with E-state index in [-0.39, 0.29) is 11.8 Å². The Morgan fingerprint density at radius 1 is 1.37 bits per heavy atom. The fraction of sp³-hybridized carbons (Fsp3) is 0.643. The molecule has 1 N–H and O–H groups in total. The molecule has 19 heavy (non-hydrogen) atoms. The topological polar surface area (TPSA) is 58.1 Å². The molecular weight excluding hydrogens is 240 g/mol. The monoisotopic (exact) mass is 262 g/mol. The lowest BCUT2D eigenvalue weighted by molar-refractivity contribution is -0.126. The first-order chi connectivity index (χ1) is 9.16. The number of carbonyl (C=O) groups excluding carboxylic acids is 1. The van der Waals surface area contributed by atoms with E-state index < -0.39 is 0 Å². The summed E-state index contributed by atoms with van der Waals surface area (Å²) < 4.78 is 0. The Balaban J connectivity index is 1.87. The van der Waals surface area contributed by atoms with Gasteiger partial charge in [-0.1, -0.05) is 19.3 Å². The van der Waals surface area contributed by atoms with Crippen LogP contribution < -0.4 is 10.2 Å². The van der Waals surface area contributed by atoms with Crippen LogP contribution in [0.3, 0.4) is 0 Å². The smallest absolute Gasteiger partial charge is 0.225 e. The highest BCUT2D eigenvalue weighted by atomic mass is 16.1. The normalized spacial score (nSPS) is 16.1. The molecule has 1 aromatic heterocycles. The Hall–Kier alpha value is -1.65. The summed E-state index contributed by atoms with van der Waals surface area (Å²) in [6, 6.07) is 1.84. The second-order valence-corrected chi connectivity index (χ2v) is 5.30. The van der Waals surface area contributed by atoms with Crippen LogP contribution in [0.1, 0.15) is 37.8 Å². The van der Waals surface area contributed by atoms with E-state index in [2.05, 4.69) is 15.3 Å². The molecule has 0 atom stereocenters. The van der Waals surface area contributed by atoms with Crippen LogP contribution in [0.2, 0.25) is 0 Å². The predicted octanol–water partition coefficient (Wildman–Crippen LogP) is 1.74. The molecule has 1 fully saturated rings. The molecule has 5 heteroatoms. The van der Waals surface area contributed by atoms with Gasteiger partial charge in [0.2, 0.25) is 11.9 Å². The Kier molecular flexibility index (Phi) is 4.71. The highest BCUT2D eigenvalue weighted by molar-refractivity contribution is 5.78. The molecular formula is C14H22N4O. The van der Waals surface area contributed by atoms with Gasteiger partial charge in [0.25, 0.3) is 0 Å². The number of anilines is 1. The highest BCUT2D eigenvalue weighted by Crippen LogP contribution is 2.23. The van der Waals surface area contributed by atoms with Crippen LogP contribution in [0.5, 0.6) is 0 Å². The van der Waals surface area contributed by atoms with Crippen molar-refractivity contribution in [3.8, 4) is 0 Å². The van der Waals surface area contributed by atoms with Crippen molar-refractivity contribution >= 4 is 11.9 Å². The van der Waals surface area contributed by atoms with Gasteiger partial charge < -0.3 is 10.2 Å². The third kappa shape index (κ3) is 3.91. The Bertz CT molecular complexity index is 427. The van der Waals surface area contributed by atoms with Gasteiger partial charge in [-0.15, -0.1) is 0 Å². The van der Waals surface area contributed by atoms with E-state index in [1.54, 1.807) is 6.20 Å². The highest BCUT2D eigenvalue weighted by Gasteiger charge is 2.20. The van der Waals surface area contributed by atoms with Gasteiger partial charge in [0.05, 0.1) is 12.2 Å². The molecule has 1 aromatic rings. The van der Waals surface area contributed by atoms with Crippen LogP contribution in [-0.2, 0) is 11.3 Å². The van der Waals surface area contributed by atoms with E-state index in [1.165, 1.54) is 19.3 Å².